The number of hydrogen-bond donors (Lipinski definition) is 2. The molecule has 0 spiro atoms. The van der Waals surface area contributed by atoms with Crippen LogP contribution in [0.15, 0.2) is 24.3 Å². The minimum atomic E-state index is -0.739. The molecule has 8 rings (SSSR count). The lowest BCUT2D eigenvalue weighted by molar-refractivity contribution is 0.0875. The van der Waals surface area contributed by atoms with Crippen molar-refractivity contribution in [2.24, 2.45) is 0 Å². The number of piperidine rings is 1. The summed E-state index contributed by atoms with van der Waals surface area (Å²) < 4.78 is 44.5. The van der Waals surface area contributed by atoms with E-state index in [9.17, 15) is 10.2 Å². The van der Waals surface area contributed by atoms with Crippen LogP contribution in [0.5, 0.6) is 17.6 Å². The van der Waals surface area contributed by atoms with Crippen LogP contribution >= 0.6 is 0 Å². The topological polar surface area (TPSA) is 104 Å². The summed E-state index contributed by atoms with van der Waals surface area (Å²) >= 11 is 0. The number of ether oxygens (including phenoxy) is 2. The fourth-order valence-electron chi connectivity index (χ4n) is 8.02. The molecule has 2 atom stereocenters. The molecule has 0 aliphatic carbocycles. The first-order chi connectivity index (χ1) is 22.4. The number of aryl methyl sites for hydroxylation is 1. The van der Waals surface area contributed by atoms with Crippen LogP contribution in [-0.4, -0.2) is 80.6 Å². The molecule has 2 N–H and O–H groups in total. The molecule has 4 aliphatic rings. The number of aliphatic hydroxyl groups is 1. The zero-order chi connectivity index (χ0) is 32.2. The van der Waals surface area contributed by atoms with Crippen LogP contribution in [0.2, 0.25) is 0 Å². The van der Waals surface area contributed by atoms with Crippen molar-refractivity contribution in [3.8, 4) is 28.9 Å². The van der Waals surface area contributed by atoms with Gasteiger partial charge in [0.1, 0.15) is 47.2 Å². The second kappa shape index (κ2) is 12.1. The number of pyridine rings is 1. The highest BCUT2D eigenvalue weighted by atomic mass is 19.1. The molecule has 2 unspecified atom stereocenters. The molecular formula is C35H41F2N5O4. The van der Waals surface area contributed by atoms with Crippen molar-refractivity contribution in [2.75, 3.05) is 37.7 Å². The maximum absolute atomic E-state index is 16.9. The molecule has 46 heavy (non-hydrogen) atoms. The van der Waals surface area contributed by atoms with E-state index in [-0.39, 0.29) is 46.6 Å². The van der Waals surface area contributed by atoms with Crippen LogP contribution < -0.4 is 14.4 Å². The Hall–Kier alpha value is -3.83. The molecule has 0 saturated carbocycles. The second-order valence-corrected chi connectivity index (χ2v) is 12.6. The SMILES string of the molecule is CC.CCc1c(F)ccc2cc(O)cc(-c3nc4c5c(nc(OCC67CCCN6CCC7)nc5c3F)N3CCCC(O)C3CO4)c12. The van der Waals surface area contributed by atoms with Crippen molar-refractivity contribution in [3.05, 3.63) is 41.5 Å². The van der Waals surface area contributed by atoms with E-state index in [1.54, 1.807) is 6.07 Å². The van der Waals surface area contributed by atoms with Gasteiger partial charge in [-0.15, -0.1) is 0 Å². The normalized spacial score (nSPS) is 21.7. The summed E-state index contributed by atoms with van der Waals surface area (Å²) in [7, 11) is 0. The maximum Gasteiger partial charge on any atom is 0.319 e. The highest BCUT2D eigenvalue weighted by molar-refractivity contribution is 6.03. The molecule has 4 aliphatic heterocycles. The monoisotopic (exact) mass is 633 g/mol. The van der Waals surface area contributed by atoms with Crippen molar-refractivity contribution >= 4 is 27.5 Å². The van der Waals surface area contributed by atoms with Crippen LogP contribution in [0.3, 0.4) is 0 Å². The Balaban J connectivity index is 0.00000166. The molecule has 11 heteroatoms. The van der Waals surface area contributed by atoms with E-state index in [0.29, 0.717) is 53.5 Å². The summed E-state index contributed by atoms with van der Waals surface area (Å²) in [6.07, 6.45) is 5.35. The molecule has 244 valence electrons. The van der Waals surface area contributed by atoms with Gasteiger partial charge in [0.2, 0.25) is 5.88 Å². The van der Waals surface area contributed by atoms with Gasteiger partial charge in [0, 0.05) is 12.1 Å². The van der Waals surface area contributed by atoms with Gasteiger partial charge in [0.05, 0.1) is 17.7 Å². The molecule has 9 nitrogen and oxygen atoms in total. The minimum absolute atomic E-state index is 0.0242. The molecular weight excluding hydrogens is 592 g/mol. The highest BCUT2D eigenvalue weighted by Gasteiger charge is 2.45. The number of phenols is 1. The van der Waals surface area contributed by atoms with Crippen molar-refractivity contribution in [1.82, 2.24) is 19.9 Å². The Morgan fingerprint density at radius 2 is 1.80 bits per heavy atom. The number of aliphatic hydroxyl groups excluding tert-OH is 1. The first-order valence-electron chi connectivity index (χ1n) is 16.7. The molecule has 2 aromatic heterocycles. The molecule has 0 bridgehead atoms. The Morgan fingerprint density at radius 1 is 1.02 bits per heavy atom. The van der Waals surface area contributed by atoms with Gasteiger partial charge in [-0.2, -0.15) is 9.97 Å². The van der Waals surface area contributed by atoms with Crippen molar-refractivity contribution < 1.29 is 28.5 Å². The van der Waals surface area contributed by atoms with Crippen LogP contribution in [0.1, 0.15) is 64.9 Å². The Bertz CT molecular complexity index is 1790. The van der Waals surface area contributed by atoms with Gasteiger partial charge in [-0.1, -0.05) is 26.8 Å². The summed E-state index contributed by atoms with van der Waals surface area (Å²) in [6.45, 7) is 9.05. The summed E-state index contributed by atoms with van der Waals surface area (Å²) in [5.41, 5.74) is 0.444. The number of nitrogens with zero attached hydrogens (tertiary/aromatic N) is 5. The quantitative estimate of drug-likeness (QED) is 0.268. The molecule has 6 heterocycles. The molecule has 2 aromatic carbocycles. The lowest BCUT2D eigenvalue weighted by atomic mass is 9.94. The summed E-state index contributed by atoms with van der Waals surface area (Å²) in [5.74, 6) is -0.703. The van der Waals surface area contributed by atoms with Crippen LogP contribution in [-0.2, 0) is 6.42 Å². The third kappa shape index (κ3) is 4.90. The van der Waals surface area contributed by atoms with Gasteiger partial charge in [0.25, 0.3) is 0 Å². The Labute approximate surface area is 267 Å². The second-order valence-electron chi connectivity index (χ2n) is 12.6. The lowest BCUT2D eigenvalue weighted by Crippen LogP contribution is -2.51. The fraction of sp³-hybridized carbons (Fsp3) is 0.514. The van der Waals surface area contributed by atoms with Crippen molar-refractivity contribution in [1.29, 1.82) is 0 Å². The predicted octanol–water partition coefficient (Wildman–Crippen LogP) is 6.15. The number of benzene rings is 2. The number of anilines is 1. The standard InChI is InChI=1S/C33H35F2N5O4.C2H6/c1-2-20-22(34)8-7-18-14-19(41)15-21(25(18)20)28-27(35)29-26-30(40-13-3-6-24(42)23(40)16-43-31(26)36-28)38-32(37-29)44-17-33-9-4-11-39(33)12-5-10-33;1-2/h7-8,14-15,23-24,41-42H,2-6,9-13,16-17H2,1H3;1-2H3. The van der Waals surface area contributed by atoms with Crippen LogP contribution in [0.4, 0.5) is 14.6 Å². The maximum atomic E-state index is 16.9. The fourth-order valence-corrected chi connectivity index (χ4v) is 8.02. The smallest absolute Gasteiger partial charge is 0.319 e. The van der Waals surface area contributed by atoms with Crippen LogP contribution in [0, 0.1) is 11.6 Å². The van der Waals surface area contributed by atoms with Gasteiger partial charge in [-0.3, -0.25) is 4.90 Å². The predicted molar refractivity (Wildman–Crippen MR) is 173 cm³/mol. The van der Waals surface area contributed by atoms with E-state index in [1.165, 1.54) is 18.2 Å². The zero-order valence-electron chi connectivity index (χ0n) is 26.7. The first kappa shape index (κ1) is 30.8. The average molecular weight is 634 g/mol. The number of halogens is 2. The van der Waals surface area contributed by atoms with E-state index in [4.69, 9.17) is 14.5 Å². The van der Waals surface area contributed by atoms with Crippen LogP contribution in [0.25, 0.3) is 32.9 Å². The van der Waals surface area contributed by atoms with E-state index < -0.39 is 23.8 Å². The minimum Gasteiger partial charge on any atom is -0.508 e. The zero-order valence-corrected chi connectivity index (χ0v) is 26.7. The lowest BCUT2D eigenvalue weighted by Gasteiger charge is -2.38. The number of phenolic OH excluding ortho intramolecular Hbond substituents is 1. The third-order valence-electron chi connectivity index (χ3n) is 10.2. The van der Waals surface area contributed by atoms with Gasteiger partial charge in [0.15, 0.2) is 5.82 Å². The summed E-state index contributed by atoms with van der Waals surface area (Å²) in [6, 6.07) is 5.51. The molecule has 3 saturated heterocycles. The van der Waals surface area contributed by atoms with Gasteiger partial charge in [-0.05, 0) is 92.6 Å². The first-order valence-corrected chi connectivity index (χ1v) is 16.7. The third-order valence-corrected chi connectivity index (χ3v) is 10.2. The molecule has 0 amide bonds. The Kier molecular flexibility index (Phi) is 8.09. The molecule has 0 radical (unpaired) electrons. The summed E-state index contributed by atoms with van der Waals surface area (Å²) in [4.78, 5) is 18.5. The van der Waals surface area contributed by atoms with E-state index in [1.807, 2.05) is 25.7 Å². The number of rotatable bonds is 5. The molecule has 3 fully saturated rings. The Morgan fingerprint density at radius 3 is 2.57 bits per heavy atom. The van der Waals surface area contributed by atoms with Gasteiger partial charge in [-0.25, -0.2) is 13.8 Å². The van der Waals surface area contributed by atoms with Crippen molar-refractivity contribution in [3.63, 3.8) is 0 Å². The van der Waals surface area contributed by atoms with E-state index >= 15 is 8.78 Å². The largest absolute Gasteiger partial charge is 0.508 e. The average Bonchev–Trinajstić information content (AvgIpc) is 3.60. The number of hydrogen-bond acceptors (Lipinski definition) is 9. The number of aromatic nitrogens is 3. The van der Waals surface area contributed by atoms with E-state index in [0.717, 1.165) is 45.2 Å². The van der Waals surface area contributed by atoms with Gasteiger partial charge < -0.3 is 24.6 Å². The van der Waals surface area contributed by atoms with Gasteiger partial charge >= 0.3 is 6.01 Å². The number of aromatic hydroxyl groups is 1. The van der Waals surface area contributed by atoms with E-state index in [2.05, 4.69) is 14.9 Å². The number of fused-ring (bicyclic) bond motifs is 4. The van der Waals surface area contributed by atoms with Crippen molar-refractivity contribution in [2.45, 2.75) is 83.4 Å². The highest BCUT2D eigenvalue weighted by Crippen LogP contribution is 2.45. The molecule has 4 aromatic rings. The summed E-state index contributed by atoms with van der Waals surface area (Å²) in [5, 5.41) is 22.9.